The second-order valence-corrected chi connectivity index (χ2v) is 5.20. The Kier molecular flexibility index (Phi) is 5.24. The monoisotopic (exact) mass is 326 g/mol. The molecule has 126 valence electrons. The molecule has 10 nitrogen and oxygen atoms in total. The van der Waals surface area contributed by atoms with Crippen LogP contribution in [0.25, 0.3) is 0 Å². The summed E-state index contributed by atoms with van der Waals surface area (Å²) in [5.41, 5.74) is 3.04. The van der Waals surface area contributed by atoms with Gasteiger partial charge in [0, 0.05) is 12.6 Å². The number of rotatable bonds is 6. The molecular weight excluding hydrogens is 308 g/mol. The molecule has 1 aromatic rings. The van der Waals surface area contributed by atoms with Crippen molar-refractivity contribution in [3.63, 3.8) is 0 Å². The average molecular weight is 326 g/mol. The molecule has 0 spiro atoms. The van der Waals surface area contributed by atoms with Crippen LogP contribution in [-0.2, 0) is 15.3 Å². The smallest absolute Gasteiger partial charge is 0.351 e. The third kappa shape index (κ3) is 3.16. The number of aromatic nitrogens is 2. The molecule has 1 fully saturated rings. The molecule has 5 N–H and O–H groups in total. The van der Waals surface area contributed by atoms with Crippen molar-refractivity contribution in [2.75, 3.05) is 18.9 Å². The van der Waals surface area contributed by atoms with Crippen molar-refractivity contribution in [2.45, 2.75) is 36.9 Å². The maximum absolute atomic E-state index is 12.1. The van der Waals surface area contributed by atoms with Crippen LogP contribution in [-0.4, -0.2) is 62.4 Å². The lowest BCUT2D eigenvalue weighted by Crippen LogP contribution is -2.50. The number of carbonyl (C=O) groups excluding carboxylic acids is 1. The molecule has 1 saturated heterocycles. The number of aliphatic hydroxyl groups is 3. The highest BCUT2D eigenvalue weighted by molar-refractivity contribution is 5.32. The Morgan fingerprint density at radius 3 is 2.83 bits per heavy atom. The van der Waals surface area contributed by atoms with E-state index in [1.54, 1.807) is 0 Å². The van der Waals surface area contributed by atoms with Gasteiger partial charge in [0.1, 0.15) is 24.1 Å². The van der Waals surface area contributed by atoms with Gasteiger partial charge in [0.2, 0.25) is 6.08 Å². The summed E-state index contributed by atoms with van der Waals surface area (Å²) in [6.45, 7) is -0.429. The Morgan fingerprint density at radius 2 is 2.26 bits per heavy atom. The van der Waals surface area contributed by atoms with Crippen molar-refractivity contribution in [2.24, 2.45) is 4.99 Å². The number of ether oxygens (including phenoxy) is 1. The third-order valence-corrected chi connectivity index (χ3v) is 3.80. The van der Waals surface area contributed by atoms with Crippen molar-refractivity contribution >= 4 is 11.9 Å². The van der Waals surface area contributed by atoms with Crippen molar-refractivity contribution in [1.82, 2.24) is 9.55 Å². The zero-order chi connectivity index (χ0) is 17.0. The van der Waals surface area contributed by atoms with E-state index in [1.807, 2.05) is 0 Å². The summed E-state index contributed by atoms with van der Waals surface area (Å²) in [7, 11) is 0. The normalized spacial score (nSPS) is 30.1. The van der Waals surface area contributed by atoms with Crippen molar-refractivity contribution in [3.05, 3.63) is 22.7 Å². The van der Waals surface area contributed by atoms with E-state index in [1.165, 1.54) is 18.3 Å². The third-order valence-electron chi connectivity index (χ3n) is 3.80. The van der Waals surface area contributed by atoms with Crippen molar-refractivity contribution in [1.29, 1.82) is 0 Å². The van der Waals surface area contributed by atoms with Crippen LogP contribution in [0.3, 0.4) is 0 Å². The van der Waals surface area contributed by atoms with Crippen LogP contribution < -0.4 is 11.4 Å². The summed E-state index contributed by atoms with van der Waals surface area (Å²) >= 11 is 0. The summed E-state index contributed by atoms with van der Waals surface area (Å²) in [5.74, 6) is -0.00121. The molecule has 0 bridgehead atoms. The largest absolute Gasteiger partial charge is 0.394 e. The lowest BCUT2D eigenvalue weighted by Gasteiger charge is -2.33. The number of isocyanates is 1. The van der Waals surface area contributed by atoms with E-state index in [0.717, 1.165) is 4.57 Å². The number of anilines is 1. The topological polar surface area (TPSA) is 160 Å². The molecule has 1 aliphatic heterocycles. The zero-order valence-electron chi connectivity index (χ0n) is 12.2. The number of nitrogen functional groups attached to an aromatic ring is 1. The summed E-state index contributed by atoms with van der Waals surface area (Å²) in [4.78, 5) is 29.2. The van der Waals surface area contributed by atoms with Gasteiger partial charge in [-0.1, -0.05) is 0 Å². The number of aliphatic hydroxyl groups excluding tert-OH is 3. The van der Waals surface area contributed by atoms with Gasteiger partial charge in [-0.25, -0.2) is 14.6 Å². The number of nitrogens with two attached hydrogens (primary N) is 1. The van der Waals surface area contributed by atoms with E-state index in [-0.39, 0.29) is 25.2 Å². The van der Waals surface area contributed by atoms with Gasteiger partial charge in [-0.15, -0.1) is 0 Å². The molecule has 0 saturated carbocycles. The average Bonchev–Trinajstić information content (AvgIpc) is 2.77. The second-order valence-electron chi connectivity index (χ2n) is 5.20. The van der Waals surface area contributed by atoms with Crippen LogP contribution in [0.4, 0.5) is 5.82 Å². The summed E-state index contributed by atoms with van der Waals surface area (Å²) in [5, 5.41) is 29.7. The maximum atomic E-state index is 12.1. The first kappa shape index (κ1) is 17.3. The van der Waals surface area contributed by atoms with E-state index >= 15 is 0 Å². The van der Waals surface area contributed by atoms with E-state index in [0.29, 0.717) is 0 Å². The van der Waals surface area contributed by atoms with Crippen molar-refractivity contribution in [3.8, 4) is 0 Å². The minimum Gasteiger partial charge on any atom is -0.394 e. The fourth-order valence-electron chi connectivity index (χ4n) is 2.70. The molecule has 23 heavy (non-hydrogen) atoms. The number of hydrogen-bond acceptors (Lipinski definition) is 9. The van der Waals surface area contributed by atoms with E-state index in [9.17, 15) is 24.9 Å². The summed E-state index contributed by atoms with van der Waals surface area (Å²) in [6, 6.07) is 1.35. The lowest BCUT2D eigenvalue weighted by molar-refractivity contribution is -0.155. The first-order valence-corrected chi connectivity index (χ1v) is 7.00. The van der Waals surface area contributed by atoms with Crippen LogP contribution >= 0.6 is 0 Å². The van der Waals surface area contributed by atoms with E-state index in [2.05, 4.69) is 9.98 Å². The van der Waals surface area contributed by atoms with Gasteiger partial charge < -0.3 is 25.8 Å². The quantitative estimate of drug-likeness (QED) is 0.258. The Labute approximate surface area is 130 Å². The van der Waals surface area contributed by atoms with Gasteiger partial charge in [0.05, 0.1) is 13.2 Å². The minimum atomic E-state index is -1.64. The first-order chi connectivity index (χ1) is 11.0. The fraction of sp³-hybridized carbons (Fsp3) is 0.615. The molecular formula is C13H18N4O6. The van der Waals surface area contributed by atoms with Crippen molar-refractivity contribution < 1.29 is 24.9 Å². The summed E-state index contributed by atoms with van der Waals surface area (Å²) < 4.78 is 6.63. The number of aliphatic imine (C=N–C) groups is 1. The molecule has 0 aromatic carbocycles. The Balaban J connectivity index is 2.43. The van der Waals surface area contributed by atoms with E-state index < -0.39 is 36.3 Å². The Morgan fingerprint density at radius 1 is 1.52 bits per heavy atom. The Bertz CT molecular complexity index is 658. The number of nitrogens with zero attached hydrogens (tertiary/aromatic N) is 3. The van der Waals surface area contributed by atoms with E-state index in [4.69, 9.17) is 10.5 Å². The molecule has 0 amide bonds. The molecule has 1 aliphatic rings. The molecule has 0 aliphatic carbocycles. The highest BCUT2D eigenvalue weighted by Crippen LogP contribution is 2.38. The van der Waals surface area contributed by atoms with Crippen LogP contribution in [0.2, 0.25) is 0 Å². The molecule has 4 atom stereocenters. The molecule has 0 unspecified atom stereocenters. The second kappa shape index (κ2) is 6.99. The predicted molar refractivity (Wildman–Crippen MR) is 77.1 cm³/mol. The molecule has 1 aromatic heterocycles. The lowest BCUT2D eigenvalue weighted by atomic mass is 9.97. The van der Waals surface area contributed by atoms with Gasteiger partial charge in [0.25, 0.3) is 0 Å². The van der Waals surface area contributed by atoms with Gasteiger partial charge in [0.15, 0.2) is 5.72 Å². The highest BCUT2D eigenvalue weighted by atomic mass is 16.6. The van der Waals surface area contributed by atoms with Crippen LogP contribution in [0, 0.1) is 0 Å². The minimum absolute atomic E-state index is 0.00121. The van der Waals surface area contributed by atoms with Gasteiger partial charge in [-0.05, 0) is 12.5 Å². The molecule has 2 heterocycles. The first-order valence-electron chi connectivity index (χ1n) is 7.00. The maximum Gasteiger partial charge on any atom is 0.351 e. The molecule has 2 rings (SSSR count). The van der Waals surface area contributed by atoms with Crippen LogP contribution in [0.15, 0.2) is 22.1 Å². The van der Waals surface area contributed by atoms with Gasteiger partial charge in [-0.3, -0.25) is 4.57 Å². The molecule has 10 heteroatoms. The number of hydrogen-bond donors (Lipinski definition) is 4. The van der Waals surface area contributed by atoms with Crippen LogP contribution in [0.5, 0.6) is 0 Å². The van der Waals surface area contributed by atoms with Gasteiger partial charge >= 0.3 is 5.69 Å². The molecule has 0 radical (unpaired) electrons. The fourth-order valence-corrected chi connectivity index (χ4v) is 2.70. The Hall–Kier alpha value is -2.10. The SMILES string of the molecule is Nc1ccn([C@]2(CCCN=C=O)O[C@H](CO)[C@@H](O)[C@H]2O)c(=O)n1. The van der Waals surface area contributed by atoms with Crippen LogP contribution in [0.1, 0.15) is 12.8 Å². The standard InChI is InChI=1S/C13H18N4O6/c14-9-2-5-17(12(22)16-9)13(3-1-4-15-7-19)11(21)10(20)8(6-18)23-13/h2,5,8,10-11,18,20-21H,1,3-4,6H2,(H2,14,16,22)/t8-,10-,11-,13-/m1/s1. The van der Waals surface area contributed by atoms with Gasteiger partial charge in [-0.2, -0.15) is 4.98 Å². The summed E-state index contributed by atoms with van der Waals surface area (Å²) in [6.07, 6.45) is -0.929. The highest BCUT2D eigenvalue weighted by Gasteiger charge is 2.55. The zero-order valence-corrected chi connectivity index (χ0v) is 12.2. The predicted octanol–water partition coefficient (Wildman–Crippen LogP) is -2.29.